The van der Waals surface area contributed by atoms with Crippen LogP contribution in [0.5, 0.6) is 0 Å². The normalized spacial score (nSPS) is 11.1. The molecule has 1 aromatic carbocycles. The van der Waals surface area contributed by atoms with Gasteiger partial charge < -0.3 is 5.73 Å². The van der Waals surface area contributed by atoms with Crippen molar-refractivity contribution in [2.75, 3.05) is 11.5 Å². The van der Waals surface area contributed by atoms with Crippen molar-refractivity contribution in [2.24, 2.45) is 0 Å². The van der Waals surface area contributed by atoms with E-state index in [1.165, 1.54) is 4.57 Å². The average Bonchev–Trinajstić information content (AvgIpc) is 3.49. The Hall–Kier alpha value is -3.51. The number of benzene rings is 1. The third kappa shape index (κ3) is 4.81. The van der Waals surface area contributed by atoms with Crippen molar-refractivity contribution in [3.05, 3.63) is 84.7 Å². The van der Waals surface area contributed by atoms with Crippen molar-refractivity contribution in [2.45, 2.75) is 31.7 Å². The molecule has 0 fully saturated rings. The van der Waals surface area contributed by atoms with E-state index in [1.807, 2.05) is 47.8 Å². The van der Waals surface area contributed by atoms with E-state index in [0.29, 0.717) is 11.7 Å². The topological polar surface area (TPSA) is 131 Å². The third-order valence-electron chi connectivity index (χ3n) is 4.96. The molecule has 0 saturated heterocycles. The molecule has 2 N–H and O–H groups in total. The van der Waals surface area contributed by atoms with E-state index >= 15 is 0 Å². The number of rotatable bonds is 9. The fourth-order valence-corrected chi connectivity index (χ4v) is 4.76. The molecule has 0 spiro atoms. The Morgan fingerprint density at radius 3 is 2.58 bits per heavy atom. The quantitative estimate of drug-likeness (QED) is 0.281. The highest BCUT2D eigenvalue weighted by Gasteiger charge is 2.23. The van der Waals surface area contributed by atoms with Gasteiger partial charge in [0.25, 0.3) is 5.56 Å². The van der Waals surface area contributed by atoms with Gasteiger partial charge in [-0.25, -0.2) is 9.48 Å². The van der Waals surface area contributed by atoms with Crippen LogP contribution < -0.4 is 17.0 Å². The summed E-state index contributed by atoms with van der Waals surface area (Å²) in [6, 6.07) is 13.1. The molecule has 12 heteroatoms. The molecule has 10 nitrogen and oxygen atoms in total. The van der Waals surface area contributed by atoms with Gasteiger partial charge in [0.2, 0.25) is 5.16 Å². The number of Topliss-reactive ketones (excluding diaryl/α,β-unsaturated/α-hetero) is 1. The zero-order valence-corrected chi connectivity index (χ0v) is 19.4. The Labute approximate surface area is 196 Å². The molecule has 0 radical (unpaired) electrons. The number of carbonyl (C=O) groups excluding carboxylic acids is 1. The third-order valence-corrected chi connectivity index (χ3v) is 6.78. The van der Waals surface area contributed by atoms with Crippen LogP contribution in [-0.4, -0.2) is 40.9 Å². The zero-order valence-electron chi connectivity index (χ0n) is 17.7. The number of thiophene rings is 1. The second kappa shape index (κ2) is 9.96. The maximum absolute atomic E-state index is 13.1. The molecular weight excluding hydrogens is 462 g/mol. The first kappa shape index (κ1) is 22.7. The Bertz CT molecular complexity index is 1380. The largest absolute Gasteiger partial charge is 0.384 e. The Balaban J connectivity index is 1.61. The van der Waals surface area contributed by atoms with Gasteiger partial charge in [0, 0.05) is 11.4 Å². The Kier molecular flexibility index (Phi) is 6.84. The van der Waals surface area contributed by atoms with E-state index in [0.717, 1.165) is 26.8 Å². The highest BCUT2D eigenvalue weighted by atomic mass is 32.2. The van der Waals surface area contributed by atoms with Gasteiger partial charge in [-0.1, -0.05) is 48.2 Å². The van der Waals surface area contributed by atoms with Crippen LogP contribution in [0, 0.1) is 0 Å². The first-order valence-corrected chi connectivity index (χ1v) is 12.0. The number of thioether (sulfide) groups is 1. The molecule has 0 aliphatic rings. The standard InChI is InChI=1S/C21H21N7O3S2/c1-2-26-19(30)17(18(22)27(21(26)31)11-14-7-4-3-5-8-14)16(29)13-33-20-23-24-25-28(20)12-15-9-6-10-32-15/h3-10H,2,11-13,22H2,1H3. The number of ketones is 1. The number of nitrogens with zero attached hydrogens (tertiary/aromatic N) is 6. The van der Waals surface area contributed by atoms with Gasteiger partial charge in [-0.05, 0) is 34.4 Å². The molecule has 0 amide bonds. The van der Waals surface area contributed by atoms with Crippen LogP contribution in [0.2, 0.25) is 0 Å². The fraction of sp³-hybridized carbons (Fsp3) is 0.238. The maximum atomic E-state index is 13.1. The van der Waals surface area contributed by atoms with Crippen LogP contribution in [0.1, 0.15) is 27.7 Å². The number of hydrogen-bond acceptors (Lipinski definition) is 9. The number of nitrogens with two attached hydrogens (primary N) is 1. The number of hydrogen-bond donors (Lipinski definition) is 1. The summed E-state index contributed by atoms with van der Waals surface area (Å²) >= 11 is 2.69. The molecule has 33 heavy (non-hydrogen) atoms. The molecule has 3 heterocycles. The van der Waals surface area contributed by atoms with Crippen molar-refractivity contribution < 1.29 is 4.79 Å². The minimum Gasteiger partial charge on any atom is -0.384 e. The van der Waals surface area contributed by atoms with Crippen molar-refractivity contribution in [1.82, 2.24) is 29.3 Å². The van der Waals surface area contributed by atoms with Crippen LogP contribution >= 0.6 is 23.1 Å². The second-order valence-electron chi connectivity index (χ2n) is 7.07. The van der Waals surface area contributed by atoms with E-state index < -0.39 is 17.0 Å². The molecular formula is C21H21N7O3S2. The molecule has 0 bridgehead atoms. The number of nitrogen functional groups attached to an aromatic ring is 1. The SMILES string of the molecule is CCn1c(=O)c(C(=O)CSc2nnnn2Cc2cccs2)c(N)n(Cc2ccccc2)c1=O. The summed E-state index contributed by atoms with van der Waals surface area (Å²) in [6.07, 6.45) is 0. The molecule has 0 aliphatic heterocycles. The molecule has 0 aliphatic carbocycles. The van der Waals surface area contributed by atoms with Crippen LogP contribution in [0.15, 0.2) is 62.6 Å². The first-order valence-electron chi connectivity index (χ1n) is 10.1. The first-order chi connectivity index (χ1) is 16.0. The van der Waals surface area contributed by atoms with Gasteiger partial charge in [0.05, 0.1) is 18.8 Å². The summed E-state index contributed by atoms with van der Waals surface area (Å²) in [6.45, 7) is 2.43. The highest BCUT2D eigenvalue weighted by molar-refractivity contribution is 7.99. The predicted molar refractivity (Wildman–Crippen MR) is 127 cm³/mol. The van der Waals surface area contributed by atoms with E-state index in [2.05, 4.69) is 15.5 Å². The minimum atomic E-state index is -0.687. The fourth-order valence-electron chi connectivity index (χ4n) is 3.33. The number of tetrazole rings is 1. The molecule has 0 unspecified atom stereocenters. The Morgan fingerprint density at radius 2 is 1.88 bits per heavy atom. The van der Waals surface area contributed by atoms with Crippen LogP contribution in [0.25, 0.3) is 0 Å². The van der Waals surface area contributed by atoms with E-state index in [-0.39, 0.29) is 30.2 Å². The van der Waals surface area contributed by atoms with Crippen molar-refractivity contribution in [1.29, 1.82) is 0 Å². The van der Waals surface area contributed by atoms with Crippen molar-refractivity contribution in [3.63, 3.8) is 0 Å². The summed E-state index contributed by atoms with van der Waals surface area (Å²) in [5, 5.41) is 14.0. The van der Waals surface area contributed by atoms with Gasteiger partial charge in [-0.3, -0.25) is 18.7 Å². The lowest BCUT2D eigenvalue weighted by atomic mass is 10.2. The molecule has 4 aromatic rings. The van der Waals surface area contributed by atoms with E-state index in [9.17, 15) is 14.4 Å². The minimum absolute atomic E-state index is 0.0997. The van der Waals surface area contributed by atoms with Crippen molar-refractivity contribution >= 4 is 34.7 Å². The zero-order chi connectivity index (χ0) is 23.4. The highest BCUT2D eigenvalue weighted by Crippen LogP contribution is 2.19. The van der Waals surface area contributed by atoms with Gasteiger partial charge >= 0.3 is 5.69 Å². The van der Waals surface area contributed by atoms with Gasteiger partial charge in [-0.2, -0.15) is 0 Å². The summed E-state index contributed by atoms with van der Waals surface area (Å²) in [5.74, 6) is -0.725. The lowest BCUT2D eigenvalue weighted by molar-refractivity contribution is 0.102. The predicted octanol–water partition coefficient (Wildman–Crippen LogP) is 1.73. The van der Waals surface area contributed by atoms with Crippen LogP contribution in [0.3, 0.4) is 0 Å². The van der Waals surface area contributed by atoms with Crippen LogP contribution in [0.4, 0.5) is 5.82 Å². The molecule has 4 rings (SSSR count). The summed E-state index contributed by atoms with van der Waals surface area (Å²) in [5.41, 5.74) is 5.60. The molecule has 0 atom stereocenters. The van der Waals surface area contributed by atoms with Crippen LogP contribution in [-0.2, 0) is 19.6 Å². The lowest BCUT2D eigenvalue weighted by Gasteiger charge is -2.15. The molecule has 3 aromatic heterocycles. The Morgan fingerprint density at radius 1 is 1.09 bits per heavy atom. The van der Waals surface area contributed by atoms with Gasteiger partial charge in [0.15, 0.2) is 5.78 Å². The summed E-state index contributed by atoms with van der Waals surface area (Å²) in [7, 11) is 0. The van der Waals surface area contributed by atoms with Gasteiger partial charge in [0.1, 0.15) is 11.4 Å². The average molecular weight is 484 g/mol. The number of aromatic nitrogens is 6. The van der Waals surface area contributed by atoms with Gasteiger partial charge in [-0.15, -0.1) is 16.4 Å². The number of carbonyl (C=O) groups is 1. The summed E-state index contributed by atoms with van der Waals surface area (Å²) < 4.78 is 3.88. The number of anilines is 1. The van der Waals surface area contributed by atoms with E-state index in [4.69, 9.17) is 5.73 Å². The lowest BCUT2D eigenvalue weighted by Crippen LogP contribution is -2.44. The summed E-state index contributed by atoms with van der Waals surface area (Å²) in [4.78, 5) is 39.9. The monoisotopic (exact) mass is 483 g/mol. The molecule has 170 valence electrons. The van der Waals surface area contributed by atoms with E-state index in [1.54, 1.807) is 22.9 Å². The molecule has 0 saturated carbocycles. The second-order valence-corrected chi connectivity index (χ2v) is 9.05. The smallest absolute Gasteiger partial charge is 0.332 e. The maximum Gasteiger partial charge on any atom is 0.332 e. The van der Waals surface area contributed by atoms with Crippen molar-refractivity contribution in [3.8, 4) is 0 Å².